The fourth-order valence-electron chi connectivity index (χ4n) is 2.81. The van der Waals surface area contributed by atoms with E-state index in [2.05, 4.69) is 39.5 Å². The minimum absolute atomic E-state index is 0.0269. The van der Waals surface area contributed by atoms with Crippen LogP contribution < -0.4 is 10.2 Å². The van der Waals surface area contributed by atoms with Crippen molar-refractivity contribution < 1.29 is 9.90 Å². The first kappa shape index (κ1) is 15.8. The number of carboxylic acids is 1. The monoisotopic (exact) mass is 331 g/mol. The molecule has 0 saturated carbocycles. The third-order valence-corrected chi connectivity index (χ3v) is 5.12. The number of aryl methyl sites for hydroxylation is 1. The summed E-state index contributed by atoms with van der Waals surface area (Å²) in [5.41, 5.74) is 3.02. The molecule has 0 aliphatic carbocycles. The molecule has 1 fully saturated rings. The van der Waals surface area contributed by atoms with Gasteiger partial charge < -0.3 is 15.3 Å². The molecule has 1 aromatic heterocycles. The highest BCUT2D eigenvalue weighted by molar-refractivity contribution is 7.15. The summed E-state index contributed by atoms with van der Waals surface area (Å²) >= 11 is 1.40. The number of aromatic nitrogens is 1. The van der Waals surface area contributed by atoms with Crippen molar-refractivity contribution >= 4 is 33.8 Å². The molecule has 6 heteroatoms. The van der Waals surface area contributed by atoms with E-state index >= 15 is 0 Å². The van der Waals surface area contributed by atoms with Gasteiger partial charge in [0.25, 0.3) is 0 Å². The summed E-state index contributed by atoms with van der Waals surface area (Å²) in [5, 5.41) is 12.9. The average molecular weight is 331 g/mol. The van der Waals surface area contributed by atoms with E-state index in [0.717, 1.165) is 34.5 Å². The van der Waals surface area contributed by atoms with Gasteiger partial charge in [0.2, 0.25) is 0 Å². The van der Waals surface area contributed by atoms with Gasteiger partial charge in [-0.3, -0.25) is 4.79 Å². The average Bonchev–Trinajstić information content (AvgIpc) is 2.88. The lowest BCUT2D eigenvalue weighted by Gasteiger charge is -2.28. The number of aliphatic carboxylic acids is 1. The van der Waals surface area contributed by atoms with Gasteiger partial charge in [-0.25, -0.2) is 4.98 Å². The lowest BCUT2D eigenvalue weighted by atomic mass is 10.1. The highest BCUT2D eigenvalue weighted by Crippen LogP contribution is 2.28. The zero-order valence-corrected chi connectivity index (χ0v) is 14.0. The first-order chi connectivity index (χ1) is 11.1. The molecule has 3 rings (SSSR count). The molecule has 1 aliphatic heterocycles. The molecule has 0 unspecified atom stereocenters. The lowest BCUT2D eigenvalue weighted by molar-refractivity contribution is -0.136. The molecule has 0 spiro atoms. The summed E-state index contributed by atoms with van der Waals surface area (Å²) in [6.07, 6.45) is 3.90. The number of nitrogens with zero attached hydrogens (tertiary/aromatic N) is 2. The predicted molar refractivity (Wildman–Crippen MR) is 94.0 cm³/mol. The highest BCUT2D eigenvalue weighted by atomic mass is 32.1. The van der Waals surface area contributed by atoms with E-state index in [4.69, 9.17) is 5.11 Å². The Morgan fingerprint density at radius 1 is 1.26 bits per heavy atom. The zero-order valence-electron chi connectivity index (χ0n) is 13.2. The van der Waals surface area contributed by atoms with Crippen LogP contribution >= 0.6 is 11.3 Å². The Bertz CT molecular complexity index is 676. The minimum atomic E-state index is -0.825. The van der Waals surface area contributed by atoms with Gasteiger partial charge in [-0.05, 0) is 50.5 Å². The molecule has 1 aromatic carbocycles. The van der Waals surface area contributed by atoms with Crippen LogP contribution in [0.15, 0.2) is 24.3 Å². The minimum Gasteiger partial charge on any atom is -0.481 e. The van der Waals surface area contributed by atoms with Crippen molar-refractivity contribution in [3.63, 3.8) is 0 Å². The molecule has 1 aliphatic rings. The number of carbonyl (C=O) groups is 1. The Kier molecular flexibility index (Phi) is 4.81. The Labute approximate surface area is 140 Å². The summed E-state index contributed by atoms with van der Waals surface area (Å²) in [6, 6.07) is 8.37. The largest absolute Gasteiger partial charge is 0.481 e. The summed E-state index contributed by atoms with van der Waals surface area (Å²) in [6.45, 7) is 4.12. The molecular formula is C17H21N3O2S. The van der Waals surface area contributed by atoms with Gasteiger partial charge in [-0.1, -0.05) is 0 Å². The van der Waals surface area contributed by atoms with Gasteiger partial charge in [0.15, 0.2) is 5.13 Å². The zero-order chi connectivity index (χ0) is 16.2. The van der Waals surface area contributed by atoms with Gasteiger partial charge in [-0.2, -0.15) is 0 Å². The molecule has 0 bridgehead atoms. The number of rotatable bonds is 5. The van der Waals surface area contributed by atoms with Crippen LogP contribution in [0.1, 0.15) is 29.8 Å². The van der Waals surface area contributed by atoms with Crippen molar-refractivity contribution in [2.24, 2.45) is 0 Å². The topological polar surface area (TPSA) is 65.5 Å². The molecule has 122 valence electrons. The van der Waals surface area contributed by atoms with Crippen LogP contribution in [0.3, 0.4) is 0 Å². The Morgan fingerprint density at radius 2 is 1.96 bits per heavy atom. The Balaban J connectivity index is 1.67. The maximum Gasteiger partial charge on any atom is 0.308 e. The molecule has 0 atom stereocenters. The normalized spacial score (nSPS) is 14.7. The number of nitrogens with one attached hydrogen (secondary N) is 1. The van der Waals surface area contributed by atoms with Crippen molar-refractivity contribution in [1.29, 1.82) is 0 Å². The van der Waals surface area contributed by atoms with E-state index in [9.17, 15) is 4.79 Å². The number of hydrogen-bond donors (Lipinski definition) is 2. The van der Waals surface area contributed by atoms with E-state index in [1.54, 1.807) is 0 Å². The lowest BCUT2D eigenvalue weighted by Crippen LogP contribution is -2.29. The van der Waals surface area contributed by atoms with Crippen LogP contribution in [0.2, 0.25) is 0 Å². The van der Waals surface area contributed by atoms with Crippen molar-refractivity contribution in [2.45, 2.75) is 32.6 Å². The molecule has 0 radical (unpaired) electrons. The highest BCUT2D eigenvalue weighted by Gasteiger charge is 2.12. The smallest absolute Gasteiger partial charge is 0.308 e. The van der Waals surface area contributed by atoms with Crippen LogP contribution in [-0.2, 0) is 11.2 Å². The second-order valence-electron chi connectivity index (χ2n) is 5.82. The Hall–Kier alpha value is -2.08. The van der Waals surface area contributed by atoms with E-state index in [1.807, 2.05) is 6.92 Å². The van der Waals surface area contributed by atoms with E-state index < -0.39 is 5.97 Å². The standard InChI is InChI=1S/C17H21N3O2S/c1-12-15(11-16(21)22)23-17(18-12)19-13-5-7-14(8-6-13)20-9-3-2-4-10-20/h5-8H,2-4,9-11H2,1H3,(H,18,19)(H,21,22). The molecule has 23 heavy (non-hydrogen) atoms. The van der Waals surface area contributed by atoms with E-state index in [0.29, 0.717) is 0 Å². The van der Waals surface area contributed by atoms with Gasteiger partial charge in [0.05, 0.1) is 12.1 Å². The van der Waals surface area contributed by atoms with Crippen molar-refractivity contribution in [2.75, 3.05) is 23.3 Å². The number of piperidine rings is 1. The second-order valence-corrected chi connectivity index (χ2v) is 6.90. The number of hydrogen-bond acceptors (Lipinski definition) is 5. The van der Waals surface area contributed by atoms with E-state index in [1.165, 1.54) is 36.3 Å². The predicted octanol–water partition coefficient (Wildman–Crippen LogP) is 3.81. The van der Waals surface area contributed by atoms with Crippen LogP contribution in [0.5, 0.6) is 0 Å². The van der Waals surface area contributed by atoms with Crippen molar-refractivity contribution in [1.82, 2.24) is 4.98 Å². The molecule has 0 amide bonds. The quantitative estimate of drug-likeness (QED) is 0.872. The first-order valence-electron chi connectivity index (χ1n) is 7.92. The number of benzene rings is 1. The van der Waals surface area contributed by atoms with E-state index in [-0.39, 0.29) is 6.42 Å². The third kappa shape index (κ3) is 4.01. The summed E-state index contributed by atoms with van der Waals surface area (Å²) in [7, 11) is 0. The maximum atomic E-state index is 10.8. The summed E-state index contributed by atoms with van der Waals surface area (Å²) in [5.74, 6) is -0.825. The number of anilines is 3. The van der Waals surface area contributed by atoms with Gasteiger partial charge in [0.1, 0.15) is 0 Å². The van der Waals surface area contributed by atoms with Crippen LogP contribution in [0.25, 0.3) is 0 Å². The molecule has 5 nitrogen and oxygen atoms in total. The van der Waals surface area contributed by atoms with Gasteiger partial charge in [0, 0.05) is 29.3 Å². The molecule has 2 N–H and O–H groups in total. The fourth-order valence-corrected chi connectivity index (χ4v) is 3.79. The fraction of sp³-hybridized carbons (Fsp3) is 0.412. The summed E-state index contributed by atoms with van der Waals surface area (Å²) < 4.78 is 0. The van der Waals surface area contributed by atoms with Crippen LogP contribution in [-0.4, -0.2) is 29.1 Å². The SMILES string of the molecule is Cc1nc(Nc2ccc(N3CCCCC3)cc2)sc1CC(=O)O. The first-order valence-corrected chi connectivity index (χ1v) is 8.73. The number of carboxylic acid groups (broad SMARTS) is 1. The summed E-state index contributed by atoms with van der Waals surface area (Å²) in [4.78, 5) is 18.5. The van der Waals surface area contributed by atoms with Crippen molar-refractivity contribution in [3.05, 3.63) is 34.8 Å². The van der Waals surface area contributed by atoms with Crippen LogP contribution in [0, 0.1) is 6.92 Å². The molecular weight excluding hydrogens is 310 g/mol. The van der Waals surface area contributed by atoms with Gasteiger partial charge in [-0.15, -0.1) is 11.3 Å². The van der Waals surface area contributed by atoms with Crippen LogP contribution in [0.4, 0.5) is 16.5 Å². The second kappa shape index (κ2) is 7.00. The molecule has 2 heterocycles. The van der Waals surface area contributed by atoms with Gasteiger partial charge >= 0.3 is 5.97 Å². The number of thiazole rings is 1. The third-order valence-electron chi connectivity index (χ3n) is 4.04. The van der Waals surface area contributed by atoms with Crippen molar-refractivity contribution in [3.8, 4) is 0 Å². The molecule has 2 aromatic rings. The Morgan fingerprint density at radius 3 is 2.61 bits per heavy atom. The maximum absolute atomic E-state index is 10.8. The molecule has 1 saturated heterocycles.